The van der Waals surface area contributed by atoms with E-state index in [9.17, 15) is 0 Å². The van der Waals surface area contributed by atoms with Crippen LogP contribution in [0.3, 0.4) is 0 Å². The lowest BCUT2D eigenvalue weighted by Gasteiger charge is -2.35. The molecule has 2 heterocycles. The monoisotopic (exact) mass is 314 g/mol. The highest BCUT2D eigenvalue weighted by molar-refractivity contribution is 9.10. The van der Waals surface area contributed by atoms with Gasteiger partial charge in [-0.3, -0.25) is 0 Å². The molecule has 0 amide bonds. The highest BCUT2D eigenvalue weighted by Crippen LogP contribution is 2.31. The maximum Gasteiger partial charge on any atom is 0.146 e. The average Bonchev–Trinajstić information content (AvgIpc) is 2.35. The van der Waals surface area contributed by atoms with Gasteiger partial charge in [-0.2, -0.15) is 0 Å². The van der Waals surface area contributed by atoms with Crippen LogP contribution in [0.15, 0.2) is 10.8 Å². The summed E-state index contributed by atoms with van der Waals surface area (Å²) in [5, 5.41) is 6.71. The molecule has 0 spiro atoms. The van der Waals surface area contributed by atoms with Gasteiger partial charge in [-0.1, -0.05) is 0 Å². The number of nitrogens with one attached hydrogen (secondary N) is 2. The minimum absolute atomic E-state index is 0.0403. The zero-order valence-corrected chi connectivity index (χ0v) is 12.4. The Hall–Kier alpha value is -0.880. The van der Waals surface area contributed by atoms with Crippen LogP contribution in [0.5, 0.6) is 0 Å². The Kier molecular flexibility index (Phi) is 4.40. The van der Waals surface area contributed by atoms with Crippen LogP contribution in [0.4, 0.5) is 11.6 Å². The third kappa shape index (κ3) is 3.11. The summed E-state index contributed by atoms with van der Waals surface area (Å²) in [6, 6.07) is 0. The van der Waals surface area contributed by atoms with Crippen molar-refractivity contribution in [1.29, 1.82) is 0 Å². The second kappa shape index (κ2) is 5.84. The Morgan fingerprint density at radius 2 is 2.00 bits per heavy atom. The van der Waals surface area contributed by atoms with Crippen LogP contribution in [0.25, 0.3) is 0 Å². The standard InChI is InChI=1S/C12H19BrN4O/c1-3-14-10-9(13)11(16-8-15-10)17-12(2)4-6-18-7-5-12/h8H,3-7H2,1-2H3,(H2,14,15,16,17). The first-order valence-electron chi connectivity index (χ1n) is 6.25. The molecule has 2 N–H and O–H groups in total. The summed E-state index contributed by atoms with van der Waals surface area (Å²) in [5.74, 6) is 1.66. The number of ether oxygens (including phenoxy) is 1. The molecule has 1 aromatic heterocycles. The van der Waals surface area contributed by atoms with Gasteiger partial charge in [0.1, 0.15) is 22.4 Å². The molecule has 0 aromatic carbocycles. The quantitative estimate of drug-likeness (QED) is 0.894. The SMILES string of the molecule is CCNc1ncnc(NC2(C)CCOCC2)c1Br. The fraction of sp³-hybridized carbons (Fsp3) is 0.667. The smallest absolute Gasteiger partial charge is 0.146 e. The molecule has 1 saturated heterocycles. The highest BCUT2D eigenvalue weighted by Gasteiger charge is 2.28. The normalized spacial score (nSPS) is 18.4. The van der Waals surface area contributed by atoms with Crippen LogP contribution >= 0.6 is 15.9 Å². The Morgan fingerprint density at radius 3 is 2.67 bits per heavy atom. The predicted octanol–water partition coefficient (Wildman–Crippen LogP) is 2.65. The van der Waals surface area contributed by atoms with E-state index in [1.165, 1.54) is 0 Å². The van der Waals surface area contributed by atoms with Gasteiger partial charge < -0.3 is 15.4 Å². The zero-order valence-electron chi connectivity index (χ0n) is 10.8. The number of halogens is 1. The lowest BCUT2D eigenvalue weighted by Crippen LogP contribution is -2.41. The van der Waals surface area contributed by atoms with E-state index in [1.54, 1.807) is 6.33 Å². The molecule has 0 atom stereocenters. The van der Waals surface area contributed by atoms with Crippen LogP contribution in [0.2, 0.25) is 0 Å². The maximum absolute atomic E-state index is 5.40. The van der Waals surface area contributed by atoms with Gasteiger partial charge in [-0.05, 0) is 42.6 Å². The number of aromatic nitrogens is 2. The summed E-state index contributed by atoms with van der Waals surface area (Å²) >= 11 is 3.55. The van der Waals surface area contributed by atoms with Crippen molar-refractivity contribution in [3.05, 3.63) is 10.8 Å². The molecule has 1 aliphatic rings. The first-order chi connectivity index (χ1) is 8.64. The van der Waals surface area contributed by atoms with E-state index in [0.29, 0.717) is 0 Å². The van der Waals surface area contributed by atoms with E-state index < -0.39 is 0 Å². The minimum atomic E-state index is 0.0403. The van der Waals surface area contributed by atoms with Gasteiger partial charge in [0.2, 0.25) is 0 Å². The topological polar surface area (TPSA) is 59.1 Å². The van der Waals surface area contributed by atoms with Gasteiger partial charge in [0.05, 0.1) is 0 Å². The van der Waals surface area contributed by atoms with E-state index in [0.717, 1.165) is 48.7 Å². The molecule has 2 rings (SSSR count). The predicted molar refractivity (Wildman–Crippen MR) is 76.0 cm³/mol. The van der Waals surface area contributed by atoms with Crippen molar-refractivity contribution in [2.45, 2.75) is 32.2 Å². The Bertz CT molecular complexity index is 407. The molecule has 18 heavy (non-hydrogen) atoms. The van der Waals surface area contributed by atoms with E-state index in [4.69, 9.17) is 4.74 Å². The maximum atomic E-state index is 5.40. The van der Waals surface area contributed by atoms with Crippen LogP contribution in [0, 0.1) is 0 Å². The lowest BCUT2D eigenvalue weighted by molar-refractivity contribution is 0.0657. The van der Waals surface area contributed by atoms with Crippen LogP contribution in [-0.4, -0.2) is 35.3 Å². The summed E-state index contributed by atoms with van der Waals surface area (Å²) in [6.07, 6.45) is 3.55. The van der Waals surface area contributed by atoms with Crippen molar-refractivity contribution >= 4 is 27.6 Å². The summed E-state index contributed by atoms with van der Waals surface area (Å²) < 4.78 is 6.29. The molecule has 0 saturated carbocycles. The summed E-state index contributed by atoms with van der Waals surface area (Å²) in [5.41, 5.74) is 0.0403. The van der Waals surface area contributed by atoms with Crippen molar-refractivity contribution < 1.29 is 4.74 Å². The molecule has 0 unspecified atom stereocenters. The largest absolute Gasteiger partial charge is 0.381 e. The number of hydrogen-bond acceptors (Lipinski definition) is 5. The van der Waals surface area contributed by atoms with Crippen molar-refractivity contribution in [2.24, 2.45) is 0 Å². The summed E-state index contributed by atoms with van der Waals surface area (Å²) in [7, 11) is 0. The van der Waals surface area contributed by atoms with Crippen LogP contribution in [0.1, 0.15) is 26.7 Å². The highest BCUT2D eigenvalue weighted by atomic mass is 79.9. The van der Waals surface area contributed by atoms with Gasteiger partial charge in [0, 0.05) is 25.3 Å². The fourth-order valence-electron chi connectivity index (χ4n) is 1.98. The van der Waals surface area contributed by atoms with Crippen LogP contribution < -0.4 is 10.6 Å². The molecular formula is C12H19BrN4O. The van der Waals surface area contributed by atoms with Gasteiger partial charge in [0.15, 0.2) is 0 Å². The molecule has 5 nitrogen and oxygen atoms in total. The molecule has 100 valence electrons. The van der Waals surface area contributed by atoms with Crippen LogP contribution in [-0.2, 0) is 4.74 Å². The number of nitrogens with zero attached hydrogens (tertiary/aromatic N) is 2. The molecule has 1 fully saturated rings. The molecule has 1 aromatic rings. The number of rotatable bonds is 4. The molecule has 0 radical (unpaired) electrons. The van der Waals surface area contributed by atoms with E-state index in [2.05, 4.69) is 43.5 Å². The van der Waals surface area contributed by atoms with E-state index in [1.807, 2.05) is 6.92 Å². The van der Waals surface area contributed by atoms with Gasteiger partial charge >= 0.3 is 0 Å². The van der Waals surface area contributed by atoms with Gasteiger partial charge in [-0.25, -0.2) is 9.97 Å². The summed E-state index contributed by atoms with van der Waals surface area (Å²) in [4.78, 5) is 8.52. The molecule has 6 heteroatoms. The van der Waals surface area contributed by atoms with E-state index >= 15 is 0 Å². The second-order valence-electron chi connectivity index (χ2n) is 4.71. The number of hydrogen-bond donors (Lipinski definition) is 2. The third-order valence-corrected chi connectivity index (χ3v) is 3.90. The molecule has 0 aliphatic carbocycles. The second-order valence-corrected chi connectivity index (χ2v) is 5.51. The molecule has 1 aliphatic heterocycles. The summed E-state index contributed by atoms with van der Waals surface area (Å²) in [6.45, 7) is 6.68. The number of anilines is 2. The molecular weight excluding hydrogens is 296 g/mol. The zero-order chi connectivity index (χ0) is 13.0. The Morgan fingerprint density at radius 1 is 1.33 bits per heavy atom. The van der Waals surface area contributed by atoms with Crippen molar-refractivity contribution in [3.63, 3.8) is 0 Å². The Balaban J connectivity index is 2.15. The first-order valence-corrected chi connectivity index (χ1v) is 7.04. The fourth-order valence-corrected chi connectivity index (χ4v) is 2.42. The minimum Gasteiger partial charge on any atom is -0.381 e. The van der Waals surface area contributed by atoms with Crippen molar-refractivity contribution in [3.8, 4) is 0 Å². The van der Waals surface area contributed by atoms with Crippen molar-refractivity contribution in [2.75, 3.05) is 30.4 Å². The average molecular weight is 315 g/mol. The third-order valence-electron chi connectivity index (χ3n) is 3.15. The first kappa shape index (κ1) is 13.5. The molecule has 0 bridgehead atoms. The van der Waals surface area contributed by atoms with Gasteiger partial charge in [-0.15, -0.1) is 0 Å². The van der Waals surface area contributed by atoms with Gasteiger partial charge in [0.25, 0.3) is 0 Å². The van der Waals surface area contributed by atoms with Crippen molar-refractivity contribution in [1.82, 2.24) is 9.97 Å². The lowest BCUT2D eigenvalue weighted by atomic mass is 9.92. The Labute approximate surface area is 116 Å². The van der Waals surface area contributed by atoms with E-state index in [-0.39, 0.29) is 5.54 Å².